The standard InChI is InChI=1S/C15H14BrClFN/c1-9-6-12(18)4-5-13(9)15(19)7-10-2-3-11(16)8-14(10)17/h2-6,8,15H,7,19H2,1H3. The number of benzene rings is 2. The van der Waals surface area contributed by atoms with E-state index in [0.29, 0.717) is 11.4 Å². The highest BCUT2D eigenvalue weighted by Crippen LogP contribution is 2.26. The third-order valence-electron chi connectivity index (χ3n) is 3.09. The molecule has 0 aliphatic rings. The first-order chi connectivity index (χ1) is 8.97. The van der Waals surface area contributed by atoms with Crippen molar-refractivity contribution in [2.75, 3.05) is 0 Å². The Kier molecular flexibility index (Phi) is 4.61. The van der Waals surface area contributed by atoms with Crippen LogP contribution in [0.5, 0.6) is 0 Å². The van der Waals surface area contributed by atoms with E-state index < -0.39 is 0 Å². The van der Waals surface area contributed by atoms with Gasteiger partial charge in [-0.25, -0.2) is 4.39 Å². The van der Waals surface area contributed by atoms with Crippen molar-refractivity contribution in [1.29, 1.82) is 0 Å². The van der Waals surface area contributed by atoms with E-state index in [2.05, 4.69) is 15.9 Å². The first-order valence-electron chi connectivity index (χ1n) is 5.93. The summed E-state index contributed by atoms with van der Waals surface area (Å²) in [6.45, 7) is 1.86. The Hall–Kier alpha value is -0.900. The molecule has 2 rings (SSSR count). The molecule has 100 valence electrons. The molecule has 2 N–H and O–H groups in total. The van der Waals surface area contributed by atoms with Gasteiger partial charge in [-0.3, -0.25) is 0 Å². The van der Waals surface area contributed by atoms with E-state index in [1.807, 2.05) is 25.1 Å². The second-order valence-corrected chi connectivity index (χ2v) is 5.87. The molecule has 0 saturated heterocycles. The summed E-state index contributed by atoms with van der Waals surface area (Å²) >= 11 is 9.55. The van der Waals surface area contributed by atoms with Crippen LogP contribution in [0.4, 0.5) is 4.39 Å². The zero-order valence-electron chi connectivity index (χ0n) is 10.5. The molecule has 0 spiro atoms. The largest absolute Gasteiger partial charge is 0.324 e. The Labute approximate surface area is 125 Å². The Morgan fingerprint density at radius 2 is 2.00 bits per heavy atom. The van der Waals surface area contributed by atoms with Gasteiger partial charge in [-0.05, 0) is 54.3 Å². The van der Waals surface area contributed by atoms with Gasteiger partial charge in [0.1, 0.15) is 5.82 Å². The molecule has 1 unspecified atom stereocenters. The van der Waals surface area contributed by atoms with E-state index >= 15 is 0 Å². The SMILES string of the molecule is Cc1cc(F)ccc1C(N)Cc1ccc(Br)cc1Cl. The van der Waals surface area contributed by atoms with E-state index in [-0.39, 0.29) is 11.9 Å². The molecule has 0 aliphatic heterocycles. The normalized spacial score (nSPS) is 12.5. The van der Waals surface area contributed by atoms with Crippen LogP contribution in [0.15, 0.2) is 40.9 Å². The number of halogens is 3. The van der Waals surface area contributed by atoms with Gasteiger partial charge in [0.05, 0.1) is 0 Å². The number of nitrogens with two attached hydrogens (primary N) is 1. The van der Waals surface area contributed by atoms with Gasteiger partial charge in [0.15, 0.2) is 0 Å². The van der Waals surface area contributed by atoms with Crippen LogP contribution in [-0.4, -0.2) is 0 Å². The average molecular weight is 343 g/mol. The maximum Gasteiger partial charge on any atom is 0.123 e. The van der Waals surface area contributed by atoms with Gasteiger partial charge in [-0.1, -0.05) is 39.7 Å². The van der Waals surface area contributed by atoms with Crippen LogP contribution in [0.25, 0.3) is 0 Å². The second kappa shape index (κ2) is 6.04. The van der Waals surface area contributed by atoms with Gasteiger partial charge in [-0.15, -0.1) is 0 Å². The zero-order valence-corrected chi connectivity index (χ0v) is 12.8. The van der Waals surface area contributed by atoms with E-state index in [9.17, 15) is 4.39 Å². The summed E-state index contributed by atoms with van der Waals surface area (Å²) in [5.41, 5.74) is 8.99. The van der Waals surface area contributed by atoms with Crippen molar-refractivity contribution in [3.8, 4) is 0 Å². The Balaban J connectivity index is 2.23. The van der Waals surface area contributed by atoms with Gasteiger partial charge in [0.2, 0.25) is 0 Å². The Morgan fingerprint density at radius 3 is 2.63 bits per heavy atom. The molecule has 19 heavy (non-hydrogen) atoms. The van der Waals surface area contributed by atoms with Gasteiger partial charge in [0.25, 0.3) is 0 Å². The van der Waals surface area contributed by atoms with Crippen LogP contribution in [0.3, 0.4) is 0 Å². The maximum absolute atomic E-state index is 13.1. The van der Waals surface area contributed by atoms with Crippen LogP contribution in [0.2, 0.25) is 5.02 Å². The number of aryl methyl sites for hydroxylation is 1. The smallest absolute Gasteiger partial charge is 0.123 e. The Bertz CT molecular complexity index is 601. The Morgan fingerprint density at radius 1 is 1.26 bits per heavy atom. The first-order valence-corrected chi connectivity index (χ1v) is 7.10. The lowest BCUT2D eigenvalue weighted by Gasteiger charge is -2.16. The fraction of sp³-hybridized carbons (Fsp3) is 0.200. The van der Waals surface area contributed by atoms with Gasteiger partial charge in [-0.2, -0.15) is 0 Å². The molecule has 0 radical (unpaired) electrons. The van der Waals surface area contributed by atoms with Crippen LogP contribution < -0.4 is 5.73 Å². The molecule has 0 amide bonds. The highest BCUT2D eigenvalue weighted by molar-refractivity contribution is 9.10. The third kappa shape index (κ3) is 3.56. The quantitative estimate of drug-likeness (QED) is 0.852. The molecule has 2 aromatic rings. The molecule has 2 aromatic carbocycles. The van der Waals surface area contributed by atoms with E-state index in [1.165, 1.54) is 12.1 Å². The predicted octanol–water partition coefficient (Wildman–Crippen LogP) is 4.79. The maximum atomic E-state index is 13.1. The monoisotopic (exact) mass is 341 g/mol. The molecule has 1 atom stereocenters. The van der Waals surface area contributed by atoms with Crippen LogP contribution in [0, 0.1) is 12.7 Å². The summed E-state index contributed by atoms with van der Waals surface area (Å²) in [7, 11) is 0. The summed E-state index contributed by atoms with van der Waals surface area (Å²) in [4.78, 5) is 0. The van der Waals surface area contributed by atoms with Crippen molar-refractivity contribution in [2.45, 2.75) is 19.4 Å². The summed E-state index contributed by atoms with van der Waals surface area (Å²) in [6, 6.07) is 10.2. The van der Waals surface area contributed by atoms with Crippen molar-refractivity contribution in [1.82, 2.24) is 0 Å². The topological polar surface area (TPSA) is 26.0 Å². The average Bonchev–Trinajstić information content (AvgIpc) is 2.32. The van der Waals surface area contributed by atoms with Crippen LogP contribution in [0.1, 0.15) is 22.7 Å². The van der Waals surface area contributed by atoms with E-state index in [4.69, 9.17) is 17.3 Å². The van der Waals surface area contributed by atoms with Gasteiger partial charge >= 0.3 is 0 Å². The molecule has 4 heteroatoms. The predicted molar refractivity (Wildman–Crippen MR) is 80.9 cm³/mol. The fourth-order valence-corrected chi connectivity index (χ4v) is 2.84. The number of hydrogen-bond donors (Lipinski definition) is 1. The van der Waals surface area contributed by atoms with E-state index in [0.717, 1.165) is 21.2 Å². The number of hydrogen-bond acceptors (Lipinski definition) is 1. The lowest BCUT2D eigenvalue weighted by Crippen LogP contribution is -2.15. The molecule has 0 heterocycles. The molecule has 0 fully saturated rings. The minimum Gasteiger partial charge on any atom is -0.324 e. The first kappa shape index (κ1) is 14.5. The van der Waals surface area contributed by atoms with Crippen LogP contribution >= 0.6 is 27.5 Å². The molecule has 0 aromatic heterocycles. The van der Waals surface area contributed by atoms with Crippen molar-refractivity contribution in [3.05, 3.63) is 68.4 Å². The zero-order chi connectivity index (χ0) is 14.0. The summed E-state index contributed by atoms with van der Waals surface area (Å²) in [5, 5.41) is 0.685. The van der Waals surface area contributed by atoms with Crippen molar-refractivity contribution >= 4 is 27.5 Å². The summed E-state index contributed by atoms with van der Waals surface area (Å²) in [6.07, 6.45) is 0.624. The highest BCUT2D eigenvalue weighted by atomic mass is 79.9. The minimum atomic E-state index is -0.241. The summed E-state index contributed by atoms with van der Waals surface area (Å²) in [5.74, 6) is -0.241. The van der Waals surface area contributed by atoms with Crippen LogP contribution in [-0.2, 0) is 6.42 Å². The minimum absolute atomic E-state index is 0.195. The summed E-state index contributed by atoms with van der Waals surface area (Å²) < 4.78 is 14.0. The molecular weight excluding hydrogens is 329 g/mol. The molecule has 0 saturated carbocycles. The van der Waals surface area contributed by atoms with Crippen molar-refractivity contribution in [2.24, 2.45) is 5.73 Å². The second-order valence-electron chi connectivity index (χ2n) is 4.55. The van der Waals surface area contributed by atoms with E-state index in [1.54, 1.807) is 6.07 Å². The molecular formula is C15H14BrClFN. The van der Waals surface area contributed by atoms with Gasteiger partial charge in [0, 0.05) is 15.5 Å². The lowest BCUT2D eigenvalue weighted by molar-refractivity contribution is 0.622. The molecule has 0 aliphatic carbocycles. The fourth-order valence-electron chi connectivity index (χ4n) is 2.09. The third-order valence-corrected chi connectivity index (χ3v) is 3.93. The van der Waals surface area contributed by atoms with Crippen molar-refractivity contribution in [3.63, 3.8) is 0 Å². The number of rotatable bonds is 3. The lowest BCUT2D eigenvalue weighted by atomic mass is 9.96. The molecule has 0 bridgehead atoms. The van der Waals surface area contributed by atoms with Gasteiger partial charge < -0.3 is 5.73 Å². The highest BCUT2D eigenvalue weighted by Gasteiger charge is 2.12. The molecule has 1 nitrogen and oxygen atoms in total. The van der Waals surface area contributed by atoms with Crippen molar-refractivity contribution < 1.29 is 4.39 Å².